The second kappa shape index (κ2) is 8.58. The zero-order chi connectivity index (χ0) is 17.8. The van der Waals surface area contributed by atoms with E-state index in [-0.39, 0.29) is 6.09 Å². The Bertz CT molecular complexity index is 606. The number of carbonyl (C=O) groups is 1. The van der Waals surface area contributed by atoms with Crippen molar-refractivity contribution in [2.75, 3.05) is 52.9 Å². The number of piperidine rings is 1. The van der Waals surface area contributed by atoms with Gasteiger partial charge in [-0.2, -0.15) is 0 Å². The molecule has 2 heterocycles. The lowest BCUT2D eigenvalue weighted by Crippen LogP contribution is -2.51. The minimum absolute atomic E-state index is 0.324. The second-order valence-corrected chi connectivity index (χ2v) is 7.82. The van der Waals surface area contributed by atoms with E-state index in [1.165, 1.54) is 25.9 Å². The molecule has 2 aliphatic rings. The molecule has 2 saturated heterocycles. The molecule has 138 valence electrons. The third-order valence-electron chi connectivity index (χ3n) is 4.97. The SMILES string of the molecule is CN1CCCC(CN2CCN(C(=O)Oc3ccc(Cl)c(Cl)c3)CC2)C1. The van der Waals surface area contributed by atoms with Crippen LogP contribution in [0.15, 0.2) is 18.2 Å². The van der Waals surface area contributed by atoms with Crippen LogP contribution in [-0.2, 0) is 0 Å². The predicted octanol–water partition coefficient (Wildman–Crippen LogP) is 3.45. The van der Waals surface area contributed by atoms with E-state index in [9.17, 15) is 4.79 Å². The van der Waals surface area contributed by atoms with Crippen molar-refractivity contribution in [1.82, 2.24) is 14.7 Å². The minimum Gasteiger partial charge on any atom is -0.410 e. The molecule has 3 rings (SSSR count). The molecule has 1 aromatic carbocycles. The molecule has 5 nitrogen and oxygen atoms in total. The highest BCUT2D eigenvalue weighted by Gasteiger charge is 2.26. The van der Waals surface area contributed by atoms with E-state index in [1.54, 1.807) is 23.1 Å². The Morgan fingerprint density at radius 2 is 1.92 bits per heavy atom. The first-order valence-electron chi connectivity index (χ1n) is 8.84. The summed E-state index contributed by atoms with van der Waals surface area (Å²) in [4.78, 5) is 18.9. The van der Waals surface area contributed by atoms with Gasteiger partial charge in [-0.1, -0.05) is 23.2 Å². The summed E-state index contributed by atoms with van der Waals surface area (Å²) in [5.41, 5.74) is 0. The first-order chi connectivity index (χ1) is 12.0. The number of piperazine rings is 1. The number of benzene rings is 1. The van der Waals surface area contributed by atoms with Crippen molar-refractivity contribution in [2.24, 2.45) is 5.92 Å². The van der Waals surface area contributed by atoms with Gasteiger partial charge in [-0.15, -0.1) is 0 Å². The van der Waals surface area contributed by atoms with Gasteiger partial charge in [0.2, 0.25) is 0 Å². The molecule has 0 bridgehead atoms. The minimum atomic E-state index is -0.324. The van der Waals surface area contributed by atoms with Gasteiger partial charge in [-0.25, -0.2) is 4.79 Å². The largest absolute Gasteiger partial charge is 0.415 e. The van der Waals surface area contributed by atoms with Crippen molar-refractivity contribution in [3.63, 3.8) is 0 Å². The molecular formula is C18H25Cl2N3O2. The summed E-state index contributed by atoms with van der Waals surface area (Å²) in [5.74, 6) is 1.17. The molecule has 1 amide bonds. The smallest absolute Gasteiger partial charge is 0.410 e. The average molecular weight is 386 g/mol. The Kier molecular flexibility index (Phi) is 6.44. The van der Waals surface area contributed by atoms with Gasteiger partial charge in [0.15, 0.2) is 0 Å². The fourth-order valence-electron chi connectivity index (χ4n) is 3.61. The molecule has 2 fully saturated rings. The van der Waals surface area contributed by atoms with Crippen molar-refractivity contribution < 1.29 is 9.53 Å². The van der Waals surface area contributed by atoms with E-state index in [2.05, 4.69) is 16.8 Å². The van der Waals surface area contributed by atoms with Crippen molar-refractivity contribution in [2.45, 2.75) is 12.8 Å². The Hall–Kier alpha value is -1.01. The fraction of sp³-hybridized carbons (Fsp3) is 0.611. The number of rotatable bonds is 3. The summed E-state index contributed by atoms with van der Waals surface area (Å²) in [6.45, 7) is 6.71. The number of amides is 1. The van der Waals surface area contributed by atoms with Gasteiger partial charge in [-0.3, -0.25) is 4.90 Å². The average Bonchev–Trinajstić information content (AvgIpc) is 2.59. The number of hydrogen-bond donors (Lipinski definition) is 0. The number of hydrogen-bond acceptors (Lipinski definition) is 4. The number of halogens is 2. The first kappa shape index (κ1) is 18.8. The van der Waals surface area contributed by atoms with Crippen LogP contribution in [0.2, 0.25) is 10.0 Å². The highest BCUT2D eigenvalue weighted by Crippen LogP contribution is 2.26. The third-order valence-corrected chi connectivity index (χ3v) is 5.70. The van der Waals surface area contributed by atoms with E-state index in [0.29, 0.717) is 28.9 Å². The van der Waals surface area contributed by atoms with Crippen molar-refractivity contribution in [1.29, 1.82) is 0 Å². The Labute approximate surface area is 159 Å². The van der Waals surface area contributed by atoms with Gasteiger partial charge in [0, 0.05) is 45.3 Å². The van der Waals surface area contributed by atoms with Crippen molar-refractivity contribution in [3.05, 3.63) is 28.2 Å². The summed E-state index contributed by atoms with van der Waals surface area (Å²) >= 11 is 11.8. The molecule has 0 radical (unpaired) electrons. The van der Waals surface area contributed by atoms with Gasteiger partial charge >= 0.3 is 6.09 Å². The Morgan fingerprint density at radius 1 is 1.16 bits per heavy atom. The van der Waals surface area contributed by atoms with E-state index in [0.717, 1.165) is 25.6 Å². The van der Waals surface area contributed by atoms with Gasteiger partial charge in [-0.05, 0) is 44.5 Å². The van der Waals surface area contributed by atoms with Gasteiger partial charge < -0.3 is 14.5 Å². The van der Waals surface area contributed by atoms with Gasteiger partial charge in [0.05, 0.1) is 10.0 Å². The van der Waals surface area contributed by atoms with Crippen LogP contribution < -0.4 is 4.74 Å². The Balaban J connectivity index is 1.45. The van der Waals surface area contributed by atoms with Crippen LogP contribution in [-0.4, -0.2) is 73.7 Å². The third kappa shape index (κ3) is 5.23. The monoisotopic (exact) mass is 385 g/mol. The van der Waals surface area contributed by atoms with E-state index in [1.807, 2.05) is 0 Å². The second-order valence-electron chi connectivity index (χ2n) is 7.00. The fourth-order valence-corrected chi connectivity index (χ4v) is 3.89. The molecule has 1 aromatic rings. The molecule has 1 atom stereocenters. The van der Waals surface area contributed by atoms with Gasteiger partial charge in [0.25, 0.3) is 0 Å². The zero-order valence-corrected chi connectivity index (χ0v) is 16.1. The van der Waals surface area contributed by atoms with Crippen LogP contribution in [0, 0.1) is 5.92 Å². The van der Waals surface area contributed by atoms with Crippen molar-refractivity contribution in [3.8, 4) is 5.75 Å². The summed E-state index contributed by atoms with van der Waals surface area (Å²) in [6.07, 6.45) is 2.27. The van der Waals surface area contributed by atoms with Crippen molar-refractivity contribution >= 4 is 29.3 Å². The molecule has 0 saturated carbocycles. The lowest BCUT2D eigenvalue weighted by atomic mass is 9.97. The standard InChI is InChI=1S/C18H25Cl2N3O2/c1-21-6-2-3-14(12-21)13-22-7-9-23(10-8-22)18(24)25-15-4-5-16(19)17(20)11-15/h4-5,11,14H,2-3,6-10,12-13H2,1H3. The summed E-state index contributed by atoms with van der Waals surface area (Å²) in [7, 11) is 2.20. The highest BCUT2D eigenvalue weighted by molar-refractivity contribution is 6.42. The number of nitrogens with zero attached hydrogens (tertiary/aromatic N) is 3. The molecule has 2 aliphatic heterocycles. The molecule has 0 aromatic heterocycles. The maximum atomic E-state index is 12.3. The van der Waals surface area contributed by atoms with Crippen LogP contribution in [0.5, 0.6) is 5.75 Å². The van der Waals surface area contributed by atoms with Crippen LogP contribution in [0.4, 0.5) is 4.79 Å². The lowest BCUT2D eigenvalue weighted by molar-refractivity contribution is 0.0902. The predicted molar refractivity (Wildman–Crippen MR) is 101 cm³/mol. The maximum absolute atomic E-state index is 12.3. The normalized spacial score (nSPS) is 22.8. The number of likely N-dealkylation sites (tertiary alicyclic amines) is 1. The number of ether oxygens (including phenoxy) is 1. The summed E-state index contributed by atoms with van der Waals surface area (Å²) < 4.78 is 5.41. The van der Waals surface area contributed by atoms with Crippen LogP contribution in [0.1, 0.15) is 12.8 Å². The van der Waals surface area contributed by atoms with Crippen LogP contribution >= 0.6 is 23.2 Å². The molecule has 25 heavy (non-hydrogen) atoms. The number of carbonyl (C=O) groups excluding carboxylic acids is 1. The Morgan fingerprint density at radius 3 is 2.60 bits per heavy atom. The molecule has 0 spiro atoms. The molecule has 0 aliphatic carbocycles. The molecular weight excluding hydrogens is 361 g/mol. The topological polar surface area (TPSA) is 36.0 Å². The van der Waals surface area contributed by atoms with E-state index >= 15 is 0 Å². The molecule has 7 heteroatoms. The van der Waals surface area contributed by atoms with Crippen LogP contribution in [0.25, 0.3) is 0 Å². The van der Waals surface area contributed by atoms with E-state index < -0.39 is 0 Å². The molecule has 0 N–H and O–H groups in total. The van der Waals surface area contributed by atoms with Crippen LogP contribution in [0.3, 0.4) is 0 Å². The lowest BCUT2D eigenvalue weighted by Gasteiger charge is -2.38. The van der Waals surface area contributed by atoms with E-state index in [4.69, 9.17) is 27.9 Å². The molecule has 1 unspecified atom stereocenters. The quantitative estimate of drug-likeness (QED) is 0.797. The first-order valence-corrected chi connectivity index (χ1v) is 9.59. The maximum Gasteiger partial charge on any atom is 0.415 e. The summed E-state index contributed by atoms with van der Waals surface area (Å²) in [5, 5.41) is 0.831. The highest BCUT2D eigenvalue weighted by atomic mass is 35.5. The zero-order valence-electron chi connectivity index (χ0n) is 14.6. The summed E-state index contributed by atoms with van der Waals surface area (Å²) in [6, 6.07) is 4.85. The van der Waals surface area contributed by atoms with Gasteiger partial charge in [0.1, 0.15) is 5.75 Å².